The molecule has 1 heterocycles. The maximum atomic E-state index is 13.0. The summed E-state index contributed by atoms with van der Waals surface area (Å²) in [6.45, 7) is 1.99. The van der Waals surface area contributed by atoms with Gasteiger partial charge < -0.3 is 10.7 Å². The average Bonchev–Trinajstić information content (AvgIpc) is 2.79. The number of fused-ring (bicyclic) bond motifs is 1. The quantitative estimate of drug-likeness (QED) is 0.742. The van der Waals surface area contributed by atoms with Gasteiger partial charge in [-0.05, 0) is 36.2 Å². The predicted octanol–water partition coefficient (Wildman–Crippen LogP) is 3.92. The second-order valence-electron chi connectivity index (χ2n) is 5.15. The molecule has 3 aromatic rings. The molecule has 0 bridgehead atoms. The summed E-state index contributed by atoms with van der Waals surface area (Å²) in [7, 11) is 0. The maximum absolute atomic E-state index is 13.0. The van der Waals surface area contributed by atoms with Crippen LogP contribution >= 0.6 is 0 Å². The molecule has 3 rings (SSSR count). The standard InChI is InChI=1S/C17H17FN2/c1-11(19)17-14-4-2-3-5-15(14)20-16(17)10-12-6-8-13(18)9-7-12/h2-9,11,20H,10,19H2,1H3. The molecule has 102 valence electrons. The Morgan fingerprint density at radius 3 is 2.50 bits per heavy atom. The summed E-state index contributed by atoms with van der Waals surface area (Å²) < 4.78 is 13.0. The van der Waals surface area contributed by atoms with Crippen LogP contribution in [0.2, 0.25) is 0 Å². The number of benzene rings is 2. The number of halogens is 1. The first kappa shape index (κ1) is 12.9. The lowest BCUT2D eigenvalue weighted by molar-refractivity contribution is 0.627. The van der Waals surface area contributed by atoms with Crippen LogP contribution in [0.4, 0.5) is 4.39 Å². The first-order valence-corrected chi connectivity index (χ1v) is 6.74. The summed E-state index contributed by atoms with van der Waals surface area (Å²) in [6.07, 6.45) is 0.728. The van der Waals surface area contributed by atoms with Crippen LogP contribution in [-0.2, 0) is 6.42 Å². The van der Waals surface area contributed by atoms with Crippen LogP contribution in [-0.4, -0.2) is 4.98 Å². The second kappa shape index (κ2) is 5.10. The molecule has 0 spiro atoms. The summed E-state index contributed by atoms with van der Waals surface area (Å²) in [5.74, 6) is -0.210. The molecule has 1 atom stereocenters. The van der Waals surface area contributed by atoms with Gasteiger partial charge in [-0.3, -0.25) is 0 Å². The number of hydrogen-bond donors (Lipinski definition) is 2. The molecule has 3 N–H and O–H groups in total. The Hall–Kier alpha value is -2.13. The largest absolute Gasteiger partial charge is 0.358 e. The minimum Gasteiger partial charge on any atom is -0.358 e. The number of para-hydroxylation sites is 1. The highest BCUT2D eigenvalue weighted by Gasteiger charge is 2.14. The van der Waals surface area contributed by atoms with E-state index in [4.69, 9.17) is 5.73 Å². The van der Waals surface area contributed by atoms with Crippen LogP contribution in [0.15, 0.2) is 48.5 Å². The molecule has 0 radical (unpaired) electrons. The zero-order chi connectivity index (χ0) is 14.1. The van der Waals surface area contributed by atoms with Crippen molar-refractivity contribution in [2.45, 2.75) is 19.4 Å². The molecule has 20 heavy (non-hydrogen) atoms. The number of hydrogen-bond acceptors (Lipinski definition) is 1. The van der Waals surface area contributed by atoms with Gasteiger partial charge in [-0.15, -0.1) is 0 Å². The number of aromatic nitrogens is 1. The molecule has 2 aromatic carbocycles. The zero-order valence-electron chi connectivity index (χ0n) is 11.4. The summed E-state index contributed by atoms with van der Waals surface area (Å²) >= 11 is 0. The molecule has 1 unspecified atom stereocenters. The molecular weight excluding hydrogens is 251 g/mol. The number of aromatic amines is 1. The van der Waals surface area contributed by atoms with Crippen LogP contribution in [0.3, 0.4) is 0 Å². The third kappa shape index (κ3) is 2.32. The van der Waals surface area contributed by atoms with E-state index in [2.05, 4.69) is 17.1 Å². The highest BCUT2D eigenvalue weighted by Crippen LogP contribution is 2.28. The first-order chi connectivity index (χ1) is 9.65. The summed E-state index contributed by atoms with van der Waals surface area (Å²) in [5.41, 5.74) is 10.5. The van der Waals surface area contributed by atoms with E-state index in [9.17, 15) is 4.39 Å². The topological polar surface area (TPSA) is 41.8 Å². The zero-order valence-corrected chi connectivity index (χ0v) is 11.4. The molecule has 1 aromatic heterocycles. The van der Waals surface area contributed by atoms with Crippen molar-refractivity contribution in [3.8, 4) is 0 Å². The van der Waals surface area contributed by atoms with E-state index in [1.165, 1.54) is 17.5 Å². The summed E-state index contributed by atoms with van der Waals surface area (Å²) in [4.78, 5) is 3.43. The third-order valence-corrected chi connectivity index (χ3v) is 3.58. The van der Waals surface area contributed by atoms with Crippen molar-refractivity contribution >= 4 is 10.9 Å². The summed E-state index contributed by atoms with van der Waals surface area (Å²) in [5, 5.41) is 1.17. The fourth-order valence-electron chi connectivity index (χ4n) is 2.69. The maximum Gasteiger partial charge on any atom is 0.123 e. The Bertz CT molecular complexity index is 726. The van der Waals surface area contributed by atoms with Crippen LogP contribution in [0.25, 0.3) is 10.9 Å². The normalized spacial score (nSPS) is 12.8. The molecule has 0 aliphatic heterocycles. The molecule has 2 nitrogen and oxygen atoms in total. The Morgan fingerprint density at radius 1 is 1.10 bits per heavy atom. The summed E-state index contributed by atoms with van der Waals surface area (Å²) in [6, 6.07) is 14.7. The molecule has 0 saturated carbocycles. The number of rotatable bonds is 3. The highest BCUT2D eigenvalue weighted by molar-refractivity contribution is 5.85. The lowest BCUT2D eigenvalue weighted by Crippen LogP contribution is -2.07. The van der Waals surface area contributed by atoms with Gasteiger partial charge in [-0.1, -0.05) is 30.3 Å². The van der Waals surface area contributed by atoms with E-state index >= 15 is 0 Å². The molecule has 3 heteroatoms. The Balaban J connectivity index is 2.06. The Morgan fingerprint density at radius 2 is 1.80 bits per heavy atom. The van der Waals surface area contributed by atoms with Gasteiger partial charge in [-0.25, -0.2) is 4.39 Å². The van der Waals surface area contributed by atoms with Gasteiger partial charge in [0.1, 0.15) is 5.82 Å². The van der Waals surface area contributed by atoms with E-state index in [1.54, 1.807) is 0 Å². The van der Waals surface area contributed by atoms with Crippen molar-refractivity contribution in [3.63, 3.8) is 0 Å². The lowest BCUT2D eigenvalue weighted by Gasteiger charge is -2.08. The van der Waals surface area contributed by atoms with E-state index in [0.717, 1.165) is 28.8 Å². The number of nitrogens with two attached hydrogens (primary N) is 1. The van der Waals surface area contributed by atoms with E-state index < -0.39 is 0 Å². The second-order valence-corrected chi connectivity index (χ2v) is 5.15. The number of H-pyrrole nitrogens is 1. The first-order valence-electron chi connectivity index (χ1n) is 6.74. The van der Waals surface area contributed by atoms with Crippen molar-refractivity contribution in [2.75, 3.05) is 0 Å². The number of nitrogens with one attached hydrogen (secondary N) is 1. The van der Waals surface area contributed by atoms with Crippen LogP contribution in [0, 0.1) is 5.82 Å². The van der Waals surface area contributed by atoms with Crippen molar-refractivity contribution in [2.24, 2.45) is 5.73 Å². The Labute approximate surface area is 117 Å². The molecular formula is C17H17FN2. The van der Waals surface area contributed by atoms with Crippen LogP contribution < -0.4 is 5.73 Å². The SMILES string of the molecule is CC(N)c1c(Cc2ccc(F)cc2)[nH]c2ccccc12. The van der Waals surface area contributed by atoms with E-state index in [1.807, 2.05) is 31.2 Å². The smallest absolute Gasteiger partial charge is 0.123 e. The highest BCUT2D eigenvalue weighted by atomic mass is 19.1. The third-order valence-electron chi connectivity index (χ3n) is 3.58. The van der Waals surface area contributed by atoms with Gasteiger partial charge in [0.2, 0.25) is 0 Å². The van der Waals surface area contributed by atoms with Crippen molar-refractivity contribution < 1.29 is 4.39 Å². The minimum absolute atomic E-state index is 0.0402. The van der Waals surface area contributed by atoms with Gasteiger partial charge in [0, 0.05) is 29.1 Å². The van der Waals surface area contributed by atoms with Crippen LogP contribution in [0.5, 0.6) is 0 Å². The van der Waals surface area contributed by atoms with Gasteiger partial charge in [-0.2, -0.15) is 0 Å². The van der Waals surface area contributed by atoms with Crippen molar-refractivity contribution in [1.29, 1.82) is 0 Å². The minimum atomic E-state index is -0.210. The predicted molar refractivity (Wildman–Crippen MR) is 80.1 cm³/mol. The van der Waals surface area contributed by atoms with Gasteiger partial charge in [0.25, 0.3) is 0 Å². The monoisotopic (exact) mass is 268 g/mol. The lowest BCUT2D eigenvalue weighted by atomic mass is 10.0. The molecule has 0 saturated heterocycles. The van der Waals surface area contributed by atoms with Gasteiger partial charge in [0.15, 0.2) is 0 Å². The average molecular weight is 268 g/mol. The van der Waals surface area contributed by atoms with Crippen LogP contribution in [0.1, 0.15) is 29.8 Å². The van der Waals surface area contributed by atoms with Crippen molar-refractivity contribution in [1.82, 2.24) is 4.98 Å². The van der Waals surface area contributed by atoms with Crippen molar-refractivity contribution in [3.05, 3.63) is 71.2 Å². The fraction of sp³-hybridized carbons (Fsp3) is 0.176. The van der Waals surface area contributed by atoms with E-state index in [0.29, 0.717) is 0 Å². The molecule has 0 aliphatic rings. The molecule has 0 aliphatic carbocycles. The van der Waals surface area contributed by atoms with Gasteiger partial charge in [0.05, 0.1) is 0 Å². The van der Waals surface area contributed by atoms with E-state index in [-0.39, 0.29) is 11.9 Å². The molecule has 0 amide bonds. The fourth-order valence-corrected chi connectivity index (χ4v) is 2.69. The Kier molecular flexibility index (Phi) is 3.28. The molecule has 0 fully saturated rings. The van der Waals surface area contributed by atoms with Gasteiger partial charge >= 0.3 is 0 Å².